The van der Waals surface area contributed by atoms with Gasteiger partial charge in [0.05, 0.1) is 6.10 Å². The minimum Gasteiger partial charge on any atom is -0.480 e. The number of hydrogen-bond acceptors (Lipinski definition) is 4. The monoisotopic (exact) mass is 286 g/mol. The van der Waals surface area contributed by atoms with Gasteiger partial charge in [-0.05, 0) is 18.8 Å². The Morgan fingerprint density at radius 3 is 2.60 bits per heavy atom. The first-order chi connectivity index (χ1) is 9.49. The first-order valence-corrected chi connectivity index (χ1v) is 6.99. The van der Waals surface area contributed by atoms with Gasteiger partial charge < -0.3 is 24.7 Å². The molecule has 114 valence electrons. The third-order valence-electron chi connectivity index (χ3n) is 4.01. The Labute approximate surface area is 118 Å². The third kappa shape index (κ3) is 3.40. The van der Waals surface area contributed by atoms with Gasteiger partial charge in [0.1, 0.15) is 6.04 Å². The van der Waals surface area contributed by atoms with E-state index in [1.807, 2.05) is 0 Å². The quantitative estimate of drug-likeness (QED) is 0.761. The first-order valence-electron chi connectivity index (χ1n) is 6.99. The van der Waals surface area contributed by atoms with Crippen LogP contribution in [0.15, 0.2) is 0 Å². The topological polar surface area (TPSA) is 90.3 Å². The van der Waals surface area contributed by atoms with Crippen molar-refractivity contribution in [2.24, 2.45) is 5.92 Å². The van der Waals surface area contributed by atoms with E-state index in [2.05, 4.69) is 0 Å². The van der Waals surface area contributed by atoms with Gasteiger partial charge in [-0.25, -0.2) is 9.59 Å². The summed E-state index contributed by atoms with van der Waals surface area (Å²) in [5, 5.41) is 18.7. The van der Waals surface area contributed by atoms with Crippen molar-refractivity contribution >= 4 is 12.0 Å². The molecule has 0 spiro atoms. The van der Waals surface area contributed by atoms with Gasteiger partial charge in [-0.15, -0.1) is 0 Å². The molecular formula is C13H22N2O5. The van der Waals surface area contributed by atoms with Gasteiger partial charge in [0.2, 0.25) is 0 Å². The van der Waals surface area contributed by atoms with E-state index in [9.17, 15) is 14.7 Å². The van der Waals surface area contributed by atoms with Gasteiger partial charge in [-0.3, -0.25) is 0 Å². The van der Waals surface area contributed by atoms with Crippen molar-refractivity contribution in [2.75, 3.05) is 33.4 Å². The number of carbonyl (C=O) groups is 2. The number of rotatable bonds is 3. The van der Waals surface area contributed by atoms with Crippen LogP contribution in [0.5, 0.6) is 0 Å². The van der Waals surface area contributed by atoms with Crippen molar-refractivity contribution in [1.29, 1.82) is 0 Å². The number of likely N-dealkylation sites (tertiary alicyclic amines) is 1. The predicted molar refractivity (Wildman–Crippen MR) is 70.3 cm³/mol. The molecule has 2 aliphatic rings. The summed E-state index contributed by atoms with van der Waals surface area (Å²) in [4.78, 5) is 26.3. The second kappa shape index (κ2) is 6.41. The number of aliphatic carboxylic acids is 1. The number of carboxylic acids is 1. The molecule has 7 heteroatoms. The van der Waals surface area contributed by atoms with Crippen molar-refractivity contribution in [2.45, 2.75) is 31.4 Å². The fourth-order valence-corrected chi connectivity index (χ4v) is 2.87. The molecule has 0 bridgehead atoms. The number of urea groups is 1. The number of carboxylic acid groups (broad SMARTS) is 1. The lowest BCUT2D eigenvalue weighted by molar-refractivity contribution is -0.141. The molecule has 0 aromatic rings. The van der Waals surface area contributed by atoms with Crippen LogP contribution in [0.4, 0.5) is 4.79 Å². The molecule has 2 fully saturated rings. The summed E-state index contributed by atoms with van der Waals surface area (Å²) in [5.74, 6) is -0.664. The number of hydrogen-bond donors (Lipinski definition) is 2. The van der Waals surface area contributed by atoms with E-state index in [0.29, 0.717) is 25.7 Å². The number of amides is 2. The Bertz CT molecular complexity index is 370. The zero-order chi connectivity index (χ0) is 14.7. The molecule has 2 aliphatic heterocycles. The molecule has 2 rings (SSSR count). The van der Waals surface area contributed by atoms with Crippen molar-refractivity contribution in [3.63, 3.8) is 0 Å². The maximum absolute atomic E-state index is 12.3. The van der Waals surface area contributed by atoms with Crippen LogP contribution in [0.2, 0.25) is 0 Å². The lowest BCUT2D eigenvalue weighted by Gasteiger charge is -2.31. The maximum Gasteiger partial charge on any atom is 0.326 e. The number of carbonyl (C=O) groups excluding carboxylic acids is 1. The minimum atomic E-state index is -1.06. The van der Waals surface area contributed by atoms with Gasteiger partial charge in [0.15, 0.2) is 0 Å². The fraction of sp³-hybridized carbons (Fsp3) is 0.846. The zero-order valence-corrected chi connectivity index (χ0v) is 11.7. The molecule has 2 saturated heterocycles. The average Bonchev–Trinajstić information content (AvgIpc) is 2.81. The minimum absolute atomic E-state index is 0.0912. The van der Waals surface area contributed by atoms with Crippen molar-refractivity contribution in [1.82, 2.24) is 9.80 Å². The Kier molecular flexibility index (Phi) is 4.82. The largest absolute Gasteiger partial charge is 0.480 e. The van der Waals surface area contributed by atoms with E-state index in [4.69, 9.17) is 9.84 Å². The van der Waals surface area contributed by atoms with E-state index < -0.39 is 18.1 Å². The molecule has 7 nitrogen and oxygen atoms in total. The summed E-state index contributed by atoms with van der Waals surface area (Å²) in [6, 6.07) is -1.24. The fourth-order valence-electron chi connectivity index (χ4n) is 2.87. The normalized spacial score (nSPS) is 27.6. The molecule has 0 aliphatic carbocycles. The van der Waals surface area contributed by atoms with E-state index >= 15 is 0 Å². The SMILES string of the molecule is CN(CC1CCOCC1)C(=O)N1C[C@H](O)C[C@@H]1C(=O)O. The molecule has 2 heterocycles. The van der Waals surface area contributed by atoms with E-state index in [-0.39, 0.29) is 19.0 Å². The van der Waals surface area contributed by atoms with Crippen LogP contribution in [0, 0.1) is 5.92 Å². The van der Waals surface area contributed by atoms with Crippen LogP contribution >= 0.6 is 0 Å². The van der Waals surface area contributed by atoms with E-state index in [0.717, 1.165) is 12.8 Å². The maximum atomic E-state index is 12.3. The van der Waals surface area contributed by atoms with E-state index in [1.54, 1.807) is 11.9 Å². The molecule has 2 atom stereocenters. The Morgan fingerprint density at radius 1 is 1.35 bits per heavy atom. The van der Waals surface area contributed by atoms with Gasteiger partial charge in [-0.1, -0.05) is 0 Å². The van der Waals surface area contributed by atoms with Gasteiger partial charge in [-0.2, -0.15) is 0 Å². The van der Waals surface area contributed by atoms with Crippen molar-refractivity contribution < 1.29 is 24.5 Å². The van der Waals surface area contributed by atoms with Crippen LogP contribution in [0.25, 0.3) is 0 Å². The molecular weight excluding hydrogens is 264 g/mol. The van der Waals surface area contributed by atoms with Gasteiger partial charge in [0.25, 0.3) is 0 Å². The summed E-state index contributed by atoms with van der Waals surface area (Å²) in [6.07, 6.45) is 1.19. The van der Waals surface area contributed by atoms with Crippen molar-refractivity contribution in [3.05, 3.63) is 0 Å². The summed E-state index contributed by atoms with van der Waals surface area (Å²) >= 11 is 0. The Balaban J connectivity index is 1.93. The molecule has 20 heavy (non-hydrogen) atoms. The highest BCUT2D eigenvalue weighted by molar-refractivity contribution is 5.83. The summed E-state index contributed by atoms with van der Waals surface area (Å²) in [6.45, 7) is 2.12. The second-order valence-corrected chi connectivity index (χ2v) is 5.61. The second-order valence-electron chi connectivity index (χ2n) is 5.61. The number of ether oxygens (including phenoxy) is 1. The highest BCUT2D eigenvalue weighted by Crippen LogP contribution is 2.21. The average molecular weight is 286 g/mol. The summed E-state index contributed by atoms with van der Waals surface area (Å²) in [7, 11) is 1.68. The number of aliphatic hydroxyl groups is 1. The van der Waals surface area contributed by atoms with Crippen LogP contribution in [0.3, 0.4) is 0 Å². The molecule has 2 N–H and O–H groups in total. The molecule has 0 radical (unpaired) electrons. The highest BCUT2D eigenvalue weighted by Gasteiger charge is 2.40. The van der Waals surface area contributed by atoms with Crippen LogP contribution < -0.4 is 0 Å². The summed E-state index contributed by atoms with van der Waals surface area (Å²) < 4.78 is 5.28. The van der Waals surface area contributed by atoms with Crippen molar-refractivity contribution in [3.8, 4) is 0 Å². The van der Waals surface area contributed by atoms with E-state index in [1.165, 1.54) is 4.90 Å². The molecule has 0 aromatic carbocycles. The van der Waals surface area contributed by atoms with Crippen LogP contribution in [-0.4, -0.2) is 77.5 Å². The molecule has 2 amide bonds. The Morgan fingerprint density at radius 2 is 2.00 bits per heavy atom. The van der Waals surface area contributed by atoms with Crippen LogP contribution in [-0.2, 0) is 9.53 Å². The van der Waals surface area contributed by atoms with Crippen LogP contribution in [0.1, 0.15) is 19.3 Å². The Hall–Kier alpha value is -1.34. The lowest BCUT2D eigenvalue weighted by Crippen LogP contribution is -2.48. The number of β-amino-alcohol motifs (C(OH)–C–C–N with tert-alkyl or cyclic N) is 1. The predicted octanol–water partition coefficient (Wildman–Crippen LogP) is -0.0154. The van der Waals surface area contributed by atoms with Gasteiger partial charge in [0, 0.05) is 39.8 Å². The third-order valence-corrected chi connectivity index (χ3v) is 4.01. The summed E-state index contributed by atoms with van der Waals surface area (Å²) in [5.41, 5.74) is 0. The lowest BCUT2D eigenvalue weighted by atomic mass is 10.00. The molecule has 0 aromatic heterocycles. The zero-order valence-electron chi connectivity index (χ0n) is 11.7. The highest BCUT2D eigenvalue weighted by atomic mass is 16.5. The number of nitrogens with zero attached hydrogens (tertiary/aromatic N) is 2. The van der Waals surface area contributed by atoms with Gasteiger partial charge >= 0.3 is 12.0 Å². The molecule has 0 unspecified atom stereocenters. The molecule has 0 saturated carbocycles. The smallest absolute Gasteiger partial charge is 0.326 e. The first kappa shape index (κ1) is 15.1. The number of aliphatic hydroxyl groups excluding tert-OH is 1. The standard InChI is InChI=1S/C13H22N2O5/c1-14(7-9-2-4-20-5-3-9)13(19)15-8-10(16)6-11(15)12(17)18/h9-11,16H,2-8H2,1H3,(H,17,18)/t10-,11-/m1/s1.